The number of aromatic nitrogens is 1. The zero-order valence-corrected chi connectivity index (χ0v) is 12.5. The fourth-order valence-electron chi connectivity index (χ4n) is 2.14. The van der Waals surface area contributed by atoms with Gasteiger partial charge in [-0.25, -0.2) is 4.39 Å². The van der Waals surface area contributed by atoms with Gasteiger partial charge in [0.05, 0.1) is 0 Å². The Hall–Kier alpha value is -1.26. The number of nitrogens with zero attached hydrogens (tertiary/aromatic N) is 1. The van der Waals surface area contributed by atoms with Crippen LogP contribution in [0.5, 0.6) is 0 Å². The summed E-state index contributed by atoms with van der Waals surface area (Å²) in [5, 5.41) is 0. The molecule has 0 fully saturated rings. The van der Waals surface area contributed by atoms with Crippen molar-refractivity contribution in [1.29, 1.82) is 0 Å². The van der Waals surface area contributed by atoms with Gasteiger partial charge in [0.15, 0.2) is 0 Å². The van der Waals surface area contributed by atoms with Gasteiger partial charge in [0.1, 0.15) is 5.82 Å². The molecule has 0 bridgehead atoms. The highest BCUT2D eigenvalue weighted by molar-refractivity contribution is 9.10. The first-order chi connectivity index (χ1) is 8.95. The zero-order chi connectivity index (χ0) is 14.0. The minimum atomic E-state index is -0.243. The maximum Gasteiger partial charge on any atom is 0.123 e. The van der Waals surface area contributed by atoms with Gasteiger partial charge < -0.3 is 5.73 Å². The van der Waals surface area contributed by atoms with Crippen LogP contribution in [0.4, 0.5) is 4.39 Å². The smallest absolute Gasteiger partial charge is 0.123 e. The Morgan fingerprint density at radius 2 is 1.84 bits per heavy atom. The Morgan fingerprint density at radius 1 is 1.21 bits per heavy atom. The van der Waals surface area contributed by atoms with E-state index in [1.54, 1.807) is 6.07 Å². The Labute approximate surface area is 121 Å². The van der Waals surface area contributed by atoms with E-state index in [1.165, 1.54) is 12.1 Å². The van der Waals surface area contributed by atoms with Crippen LogP contribution in [-0.2, 0) is 6.42 Å². The van der Waals surface area contributed by atoms with Crippen molar-refractivity contribution in [1.82, 2.24) is 4.98 Å². The number of hydrogen-bond acceptors (Lipinski definition) is 2. The fourth-order valence-corrected chi connectivity index (χ4v) is 2.54. The third-order valence-electron chi connectivity index (χ3n) is 2.98. The molecule has 2 aromatic rings. The van der Waals surface area contributed by atoms with Gasteiger partial charge in [0.25, 0.3) is 0 Å². The van der Waals surface area contributed by atoms with Crippen molar-refractivity contribution in [2.75, 3.05) is 0 Å². The average Bonchev–Trinajstić information content (AvgIpc) is 2.32. The Balaban J connectivity index is 2.25. The van der Waals surface area contributed by atoms with E-state index in [-0.39, 0.29) is 11.9 Å². The molecule has 0 aliphatic carbocycles. The lowest BCUT2D eigenvalue weighted by molar-refractivity contribution is 0.621. The first-order valence-corrected chi connectivity index (χ1v) is 6.89. The number of benzene rings is 1. The lowest BCUT2D eigenvalue weighted by Gasteiger charge is -2.14. The fraction of sp³-hybridized carbons (Fsp3) is 0.267. The molecule has 0 radical (unpaired) electrons. The first-order valence-electron chi connectivity index (χ1n) is 6.10. The predicted octanol–water partition coefficient (Wildman–Crippen LogP) is 3.84. The van der Waals surface area contributed by atoms with Crippen LogP contribution in [0.25, 0.3) is 0 Å². The first kappa shape index (κ1) is 14.2. The molecular formula is C15H16BrFN2. The van der Waals surface area contributed by atoms with E-state index < -0.39 is 0 Å². The van der Waals surface area contributed by atoms with Crippen LogP contribution in [0, 0.1) is 19.7 Å². The highest BCUT2D eigenvalue weighted by Gasteiger charge is 2.11. The molecule has 0 aliphatic heterocycles. The Bertz CT molecular complexity index is 578. The predicted molar refractivity (Wildman–Crippen MR) is 78.4 cm³/mol. The van der Waals surface area contributed by atoms with Crippen molar-refractivity contribution in [3.63, 3.8) is 0 Å². The number of halogens is 2. The van der Waals surface area contributed by atoms with Crippen molar-refractivity contribution >= 4 is 15.9 Å². The van der Waals surface area contributed by atoms with Gasteiger partial charge in [-0.3, -0.25) is 4.98 Å². The van der Waals surface area contributed by atoms with E-state index in [4.69, 9.17) is 5.73 Å². The molecule has 4 heteroatoms. The molecule has 1 aromatic heterocycles. The molecule has 2 N–H and O–H groups in total. The van der Waals surface area contributed by atoms with Gasteiger partial charge in [-0.05, 0) is 61.7 Å². The number of nitrogens with two attached hydrogens (primary N) is 1. The summed E-state index contributed by atoms with van der Waals surface area (Å²) in [7, 11) is 0. The summed E-state index contributed by atoms with van der Waals surface area (Å²) in [6.07, 6.45) is 0.585. The number of rotatable bonds is 3. The summed E-state index contributed by atoms with van der Waals surface area (Å²) < 4.78 is 14.1. The summed E-state index contributed by atoms with van der Waals surface area (Å²) in [5.74, 6) is -0.243. The SMILES string of the molecule is Cc1cc(C(N)Cc2cc(F)ccc2Br)cc(C)n1. The van der Waals surface area contributed by atoms with E-state index in [2.05, 4.69) is 20.9 Å². The van der Waals surface area contributed by atoms with E-state index in [9.17, 15) is 4.39 Å². The monoisotopic (exact) mass is 322 g/mol. The van der Waals surface area contributed by atoms with Crippen LogP contribution in [0.2, 0.25) is 0 Å². The molecule has 1 unspecified atom stereocenters. The van der Waals surface area contributed by atoms with Gasteiger partial charge in [-0.2, -0.15) is 0 Å². The summed E-state index contributed by atoms with van der Waals surface area (Å²) >= 11 is 3.43. The quantitative estimate of drug-likeness (QED) is 0.932. The maximum atomic E-state index is 13.3. The van der Waals surface area contributed by atoms with Crippen LogP contribution in [0.3, 0.4) is 0 Å². The largest absolute Gasteiger partial charge is 0.324 e. The topological polar surface area (TPSA) is 38.9 Å². The minimum absolute atomic E-state index is 0.168. The normalized spacial score (nSPS) is 12.5. The highest BCUT2D eigenvalue weighted by atomic mass is 79.9. The molecule has 100 valence electrons. The van der Waals surface area contributed by atoms with Crippen molar-refractivity contribution < 1.29 is 4.39 Å². The maximum absolute atomic E-state index is 13.3. The van der Waals surface area contributed by atoms with Crippen LogP contribution in [0.1, 0.15) is 28.6 Å². The summed E-state index contributed by atoms with van der Waals surface area (Å²) in [5.41, 5.74) is 10.0. The summed E-state index contributed by atoms with van der Waals surface area (Å²) in [6.45, 7) is 3.89. The molecule has 0 spiro atoms. The molecule has 0 saturated carbocycles. The van der Waals surface area contributed by atoms with Crippen LogP contribution < -0.4 is 5.73 Å². The molecule has 0 amide bonds. The van der Waals surface area contributed by atoms with E-state index in [0.29, 0.717) is 6.42 Å². The lowest BCUT2D eigenvalue weighted by atomic mass is 9.99. The van der Waals surface area contributed by atoms with Crippen molar-refractivity contribution in [2.45, 2.75) is 26.3 Å². The van der Waals surface area contributed by atoms with Crippen LogP contribution in [-0.4, -0.2) is 4.98 Å². The number of hydrogen-bond donors (Lipinski definition) is 1. The van der Waals surface area contributed by atoms with Crippen molar-refractivity contribution in [2.24, 2.45) is 5.73 Å². The minimum Gasteiger partial charge on any atom is -0.324 e. The van der Waals surface area contributed by atoms with Crippen molar-refractivity contribution in [3.8, 4) is 0 Å². The average molecular weight is 323 g/mol. The molecule has 1 aromatic carbocycles. The standard InChI is InChI=1S/C15H16BrFN2/c1-9-5-12(6-10(2)19-9)15(18)8-11-7-13(17)3-4-14(11)16/h3-7,15H,8,18H2,1-2H3. The van der Waals surface area contributed by atoms with Crippen LogP contribution in [0.15, 0.2) is 34.8 Å². The zero-order valence-electron chi connectivity index (χ0n) is 11.0. The second-order valence-electron chi connectivity index (χ2n) is 4.73. The Kier molecular flexibility index (Phi) is 4.32. The molecule has 19 heavy (non-hydrogen) atoms. The molecular weight excluding hydrogens is 307 g/mol. The second kappa shape index (κ2) is 5.80. The number of aryl methyl sites for hydroxylation is 2. The van der Waals surface area contributed by atoms with Gasteiger partial charge in [-0.15, -0.1) is 0 Å². The molecule has 1 heterocycles. The third kappa shape index (κ3) is 3.61. The van der Waals surface area contributed by atoms with Gasteiger partial charge in [0, 0.05) is 21.9 Å². The third-order valence-corrected chi connectivity index (χ3v) is 3.75. The van der Waals surface area contributed by atoms with Gasteiger partial charge >= 0.3 is 0 Å². The molecule has 2 rings (SSSR count). The summed E-state index contributed by atoms with van der Waals surface area (Å²) in [4.78, 5) is 4.33. The van der Waals surface area contributed by atoms with E-state index in [0.717, 1.165) is 27.0 Å². The van der Waals surface area contributed by atoms with E-state index >= 15 is 0 Å². The van der Waals surface area contributed by atoms with Crippen LogP contribution >= 0.6 is 15.9 Å². The van der Waals surface area contributed by atoms with Crippen molar-refractivity contribution in [3.05, 3.63) is 63.1 Å². The molecule has 0 saturated heterocycles. The Morgan fingerprint density at radius 3 is 2.47 bits per heavy atom. The number of pyridine rings is 1. The molecule has 2 nitrogen and oxygen atoms in total. The lowest BCUT2D eigenvalue weighted by Crippen LogP contribution is -2.14. The highest BCUT2D eigenvalue weighted by Crippen LogP contribution is 2.24. The van der Waals surface area contributed by atoms with Gasteiger partial charge in [0.2, 0.25) is 0 Å². The molecule has 0 aliphatic rings. The van der Waals surface area contributed by atoms with Gasteiger partial charge in [-0.1, -0.05) is 15.9 Å². The van der Waals surface area contributed by atoms with E-state index in [1.807, 2.05) is 26.0 Å². The second-order valence-corrected chi connectivity index (χ2v) is 5.58. The summed E-state index contributed by atoms with van der Waals surface area (Å²) in [6, 6.07) is 8.44. The molecule has 1 atom stereocenters.